The summed E-state index contributed by atoms with van der Waals surface area (Å²) in [5.74, 6) is -3.14. The van der Waals surface area contributed by atoms with Gasteiger partial charge in [-0.15, -0.1) is 0 Å². The van der Waals surface area contributed by atoms with E-state index < -0.39 is 29.3 Å². The number of hydrogen-bond acceptors (Lipinski definition) is 1. The first-order valence-electron chi connectivity index (χ1n) is 6.56. The summed E-state index contributed by atoms with van der Waals surface area (Å²) in [5, 5.41) is 2.88. The van der Waals surface area contributed by atoms with E-state index in [0.29, 0.717) is 0 Å². The quantitative estimate of drug-likeness (QED) is 0.831. The van der Waals surface area contributed by atoms with Gasteiger partial charge in [0, 0.05) is 11.6 Å². The smallest absolute Gasteiger partial charge is 0.162 e. The van der Waals surface area contributed by atoms with Crippen LogP contribution in [0.15, 0.2) is 36.4 Å². The summed E-state index contributed by atoms with van der Waals surface area (Å²) in [5.41, 5.74) is 0.111. The summed E-state index contributed by atoms with van der Waals surface area (Å²) in [7, 11) is 1.61. The molecule has 0 saturated heterocycles. The van der Waals surface area contributed by atoms with Crippen LogP contribution in [-0.2, 0) is 12.8 Å². The second kappa shape index (κ2) is 6.72. The molecule has 2 aromatic rings. The van der Waals surface area contributed by atoms with Gasteiger partial charge in [0.05, 0.1) is 0 Å². The third kappa shape index (κ3) is 3.61. The van der Waals surface area contributed by atoms with Crippen LogP contribution in [0.25, 0.3) is 0 Å². The molecule has 0 aliphatic heterocycles. The van der Waals surface area contributed by atoms with Gasteiger partial charge in [0.2, 0.25) is 0 Å². The largest absolute Gasteiger partial charge is 0.316 e. The molecule has 0 spiro atoms. The second-order valence-electron chi connectivity index (χ2n) is 4.81. The fourth-order valence-electron chi connectivity index (χ4n) is 2.22. The molecule has 0 bridgehead atoms. The number of rotatable bonds is 5. The predicted molar refractivity (Wildman–Crippen MR) is 73.0 cm³/mol. The molecule has 1 atom stereocenters. The lowest BCUT2D eigenvalue weighted by atomic mass is 9.98. The molecule has 0 aliphatic carbocycles. The maximum absolute atomic E-state index is 13.6. The molecule has 1 unspecified atom stereocenters. The van der Waals surface area contributed by atoms with Crippen molar-refractivity contribution in [3.63, 3.8) is 0 Å². The van der Waals surface area contributed by atoms with Crippen LogP contribution in [0.4, 0.5) is 17.6 Å². The van der Waals surface area contributed by atoms with E-state index in [0.717, 1.165) is 6.07 Å². The van der Waals surface area contributed by atoms with Crippen molar-refractivity contribution in [2.45, 2.75) is 18.9 Å². The summed E-state index contributed by atoms with van der Waals surface area (Å²) < 4.78 is 54.1. The molecule has 0 fully saturated rings. The number of nitrogens with one attached hydrogen (secondary N) is 1. The van der Waals surface area contributed by atoms with Crippen LogP contribution in [0.5, 0.6) is 0 Å². The highest BCUT2D eigenvalue weighted by molar-refractivity contribution is 5.23. The van der Waals surface area contributed by atoms with Crippen molar-refractivity contribution in [3.05, 3.63) is 70.8 Å². The standard InChI is InChI=1S/C16H15F4N/c1-21-11(8-10-4-2-7-15(19)16(10)20)9-12-13(17)5-3-6-14(12)18/h2-7,11,21H,8-9H2,1H3. The van der Waals surface area contributed by atoms with Crippen LogP contribution in [0, 0.1) is 23.3 Å². The lowest BCUT2D eigenvalue weighted by Crippen LogP contribution is -2.31. The van der Waals surface area contributed by atoms with E-state index in [2.05, 4.69) is 5.32 Å². The average molecular weight is 297 g/mol. The minimum Gasteiger partial charge on any atom is -0.316 e. The third-order valence-electron chi connectivity index (χ3n) is 3.42. The van der Waals surface area contributed by atoms with Gasteiger partial charge in [-0.05, 0) is 43.7 Å². The van der Waals surface area contributed by atoms with Gasteiger partial charge in [-0.25, -0.2) is 17.6 Å². The first-order valence-corrected chi connectivity index (χ1v) is 6.56. The molecule has 0 radical (unpaired) electrons. The van der Waals surface area contributed by atoms with Crippen molar-refractivity contribution in [1.82, 2.24) is 5.32 Å². The molecule has 5 heteroatoms. The van der Waals surface area contributed by atoms with Crippen molar-refractivity contribution >= 4 is 0 Å². The second-order valence-corrected chi connectivity index (χ2v) is 4.81. The van der Waals surface area contributed by atoms with E-state index in [4.69, 9.17) is 0 Å². The van der Waals surface area contributed by atoms with Gasteiger partial charge >= 0.3 is 0 Å². The van der Waals surface area contributed by atoms with E-state index in [9.17, 15) is 17.6 Å². The van der Waals surface area contributed by atoms with Crippen LogP contribution < -0.4 is 5.32 Å². The van der Waals surface area contributed by atoms with E-state index in [1.54, 1.807) is 7.05 Å². The minimum absolute atomic E-state index is 0.0466. The predicted octanol–water partition coefficient (Wildman–Crippen LogP) is 3.62. The fraction of sp³-hybridized carbons (Fsp3) is 0.250. The molecule has 0 aromatic heterocycles. The molecule has 2 aromatic carbocycles. The van der Waals surface area contributed by atoms with E-state index >= 15 is 0 Å². The molecule has 0 aliphatic rings. The molecular weight excluding hydrogens is 282 g/mol. The van der Waals surface area contributed by atoms with Gasteiger partial charge < -0.3 is 5.32 Å². The Labute approximate surface area is 120 Å². The van der Waals surface area contributed by atoms with E-state index in [1.807, 2.05) is 0 Å². The summed E-state index contributed by atoms with van der Waals surface area (Å²) in [6, 6.07) is 7.12. The summed E-state index contributed by atoms with van der Waals surface area (Å²) in [6.07, 6.45) is 0.179. The Balaban J connectivity index is 2.19. The zero-order valence-electron chi connectivity index (χ0n) is 11.5. The molecule has 112 valence electrons. The Morgan fingerprint density at radius 3 is 2.05 bits per heavy atom. The average Bonchev–Trinajstić information content (AvgIpc) is 2.46. The molecule has 0 saturated carbocycles. The molecule has 0 heterocycles. The Kier molecular flexibility index (Phi) is 4.96. The monoisotopic (exact) mass is 297 g/mol. The number of likely N-dealkylation sites (N-methyl/N-ethyl adjacent to an activating group) is 1. The highest BCUT2D eigenvalue weighted by Gasteiger charge is 2.17. The molecule has 0 amide bonds. The van der Waals surface area contributed by atoms with Gasteiger partial charge in [0.15, 0.2) is 11.6 Å². The van der Waals surface area contributed by atoms with Crippen molar-refractivity contribution in [1.29, 1.82) is 0 Å². The third-order valence-corrected chi connectivity index (χ3v) is 3.42. The molecule has 1 nitrogen and oxygen atoms in total. The maximum Gasteiger partial charge on any atom is 0.162 e. The number of halogens is 4. The lowest BCUT2D eigenvalue weighted by molar-refractivity contribution is 0.472. The topological polar surface area (TPSA) is 12.0 Å². The summed E-state index contributed by atoms with van der Waals surface area (Å²) in [6.45, 7) is 0. The van der Waals surface area contributed by atoms with Crippen LogP contribution >= 0.6 is 0 Å². The van der Waals surface area contributed by atoms with Crippen molar-refractivity contribution in [3.8, 4) is 0 Å². The Bertz CT molecular complexity index is 607. The van der Waals surface area contributed by atoms with Gasteiger partial charge in [0.1, 0.15) is 11.6 Å². The number of benzene rings is 2. The van der Waals surface area contributed by atoms with E-state index in [1.165, 1.54) is 30.3 Å². The SMILES string of the molecule is CNC(Cc1cccc(F)c1F)Cc1c(F)cccc1F. The van der Waals surface area contributed by atoms with Crippen molar-refractivity contribution < 1.29 is 17.6 Å². The van der Waals surface area contributed by atoms with Crippen LogP contribution in [-0.4, -0.2) is 13.1 Å². The zero-order chi connectivity index (χ0) is 15.4. The summed E-state index contributed by atoms with van der Waals surface area (Å²) in [4.78, 5) is 0. The Morgan fingerprint density at radius 2 is 1.43 bits per heavy atom. The van der Waals surface area contributed by atoms with Gasteiger partial charge in [-0.2, -0.15) is 0 Å². The Morgan fingerprint density at radius 1 is 0.857 bits per heavy atom. The van der Waals surface area contributed by atoms with Gasteiger partial charge in [0.25, 0.3) is 0 Å². The minimum atomic E-state index is -0.931. The zero-order valence-corrected chi connectivity index (χ0v) is 11.5. The van der Waals surface area contributed by atoms with Gasteiger partial charge in [-0.3, -0.25) is 0 Å². The highest BCUT2D eigenvalue weighted by Crippen LogP contribution is 2.18. The Hall–Kier alpha value is -1.88. The normalized spacial score (nSPS) is 12.4. The van der Waals surface area contributed by atoms with Crippen LogP contribution in [0.3, 0.4) is 0 Å². The fourth-order valence-corrected chi connectivity index (χ4v) is 2.22. The first-order chi connectivity index (χ1) is 10.0. The van der Waals surface area contributed by atoms with Crippen LogP contribution in [0.2, 0.25) is 0 Å². The van der Waals surface area contributed by atoms with Crippen molar-refractivity contribution in [2.75, 3.05) is 7.05 Å². The van der Waals surface area contributed by atoms with Crippen molar-refractivity contribution in [2.24, 2.45) is 0 Å². The molecule has 21 heavy (non-hydrogen) atoms. The van der Waals surface area contributed by atoms with E-state index in [-0.39, 0.29) is 24.0 Å². The molecule has 1 N–H and O–H groups in total. The molecular formula is C16H15F4N. The first kappa shape index (κ1) is 15.5. The summed E-state index contributed by atoms with van der Waals surface area (Å²) >= 11 is 0. The number of hydrogen-bond donors (Lipinski definition) is 1. The lowest BCUT2D eigenvalue weighted by Gasteiger charge is -2.17. The van der Waals surface area contributed by atoms with Gasteiger partial charge in [-0.1, -0.05) is 18.2 Å². The molecule has 2 rings (SSSR count). The highest BCUT2D eigenvalue weighted by atomic mass is 19.2. The van der Waals surface area contributed by atoms with Crippen LogP contribution in [0.1, 0.15) is 11.1 Å². The maximum atomic E-state index is 13.6.